The minimum atomic E-state index is -2.79. The van der Waals surface area contributed by atoms with Gasteiger partial charge in [0.05, 0.1) is 19.7 Å². The van der Waals surface area contributed by atoms with Crippen molar-refractivity contribution in [2.24, 2.45) is 0 Å². The highest BCUT2D eigenvalue weighted by Gasteiger charge is 2.33. The van der Waals surface area contributed by atoms with Crippen LogP contribution in [0.4, 0.5) is 19.3 Å². The molecule has 3 aliphatic rings. The third-order valence-corrected chi connectivity index (χ3v) is 4.46. The van der Waals surface area contributed by atoms with Crippen LogP contribution in [0.3, 0.4) is 0 Å². The van der Waals surface area contributed by atoms with E-state index in [-0.39, 0.29) is 36.6 Å². The van der Waals surface area contributed by atoms with Gasteiger partial charge in [-0.25, -0.2) is 23.2 Å². The van der Waals surface area contributed by atoms with Gasteiger partial charge in [-0.2, -0.15) is 0 Å². The Labute approximate surface area is 168 Å². The van der Waals surface area contributed by atoms with Gasteiger partial charge < -0.3 is 19.2 Å². The molecule has 1 unspecified atom stereocenters. The molecule has 0 aromatic heterocycles. The molecule has 0 saturated carbocycles. The van der Waals surface area contributed by atoms with E-state index in [0.717, 1.165) is 0 Å². The van der Waals surface area contributed by atoms with Gasteiger partial charge in [0, 0.05) is 11.3 Å². The van der Waals surface area contributed by atoms with E-state index < -0.39 is 35.2 Å². The van der Waals surface area contributed by atoms with Gasteiger partial charge in [0.1, 0.15) is 16.9 Å². The zero-order chi connectivity index (χ0) is 21.1. The first-order valence-corrected chi connectivity index (χ1v) is 9.00. The minimum Gasteiger partial charge on any atom is -0.462 e. The van der Waals surface area contributed by atoms with Crippen molar-refractivity contribution in [2.75, 3.05) is 24.6 Å². The van der Waals surface area contributed by atoms with E-state index in [4.69, 9.17) is 13.9 Å². The Balaban J connectivity index is 1.81. The Morgan fingerprint density at radius 2 is 2.07 bits per heavy atom. The van der Waals surface area contributed by atoms with Crippen molar-refractivity contribution in [3.8, 4) is 11.3 Å². The number of fused-ring (bicyclic) bond motifs is 1. The third kappa shape index (κ3) is 4.34. The molecule has 8 nitrogen and oxygen atoms in total. The number of amides is 1. The number of esters is 1. The first kappa shape index (κ1) is 20.6. The number of carbonyl (C=O) groups excluding carboxylic acids is 2. The zero-order valence-electron chi connectivity index (χ0n) is 15.1. The number of nitrogens with zero attached hydrogens (tertiary/aromatic N) is 1. The second-order valence-electron chi connectivity index (χ2n) is 6.02. The number of hydrogen-bond donors (Lipinski definition) is 1. The number of thiocarbonyl (C=S) groups is 1. The first-order chi connectivity index (χ1) is 13.8. The first-order valence-electron chi connectivity index (χ1n) is 8.59. The number of rotatable bonds is 6. The van der Waals surface area contributed by atoms with Crippen LogP contribution in [0.2, 0.25) is 0 Å². The largest absolute Gasteiger partial charge is 0.462 e. The smallest absolute Gasteiger partial charge is 0.414 e. The van der Waals surface area contributed by atoms with Gasteiger partial charge in [-0.05, 0) is 31.2 Å². The van der Waals surface area contributed by atoms with Crippen LogP contribution in [-0.2, 0) is 9.47 Å². The number of cyclic esters (lactones) is 1. The summed E-state index contributed by atoms with van der Waals surface area (Å²) in [6.07, 6.45) is -4.14. The summed E-state index contributed by atoms with van der Waals surface area (Å²) in [7, 11) is 0. The molecule has 1 fully saturated rings. The monoisotopic (exact) mass is 426 g/mol. The van der Waals surface area contributed by atoms with E-state index in [0.29, 0.717) is 5.69 Å². The second kappa shape index (κ2) is 8.52. The lowest BCUT2D eigenvalue weighted by Crippen LogP contribution is -2.36. The average molecular weight is 426 g/mol. The fraction of sp³-hybridized carbons (Fsp3) is 0.333. The topological polar surface area (TPSA) is 98.1 Å². The summed E-state index contributed by atoms with van der Waals surface area (Å²) in [5.74, 6) is -0.650. The maximum atomic E-state index is 12.4. The average Bonchev–Trinajstić information content (AvgIpc) is 3.12. The van der Waals surface area contributed by atoms with Gasteiger partial charge in [0.25, 0.3) is 6.43 Å². The summed E-state index contributed by atoms with van der Waals surface area (Å²) in [4.78, 5) is 36.8. The fourth-order valence-corrected chi connectivity index (χ4v) is 2.90. The fourth-order valence-electron chi connectivity index (χ4n) is 2.82. The highest BCUT2D eigenvalue weighted by Crippen LogP contribution is 2.28. The molecule has 11 heteroatoms. The molecule has 29 heavy (non-hydrogen) atoms. The maximum Gasteiger partial charge on any atom is 0.414 e. The van der Waals surface area contributed by atoms with Crippen LogP contribution in [0.25, 0.3) is 11.3 Å². The Kier molecular flexibility index (Phi) is 6.06. The number of anilines is 1. The number of ether oxygens (including phenoxy) is 2. The van der Waals surface area contributed by atoms with E-state index in [1.54, 1.807) is 6.92 Å². The van der Waals surface area contributed by atoms with Gasteiger partial charge in [-0.15, -0.1) is 0 Å². The van der Waals surface area contributed by atoms with Crippen LogP contribution in [0.5, 0.6) is 0 Å². The van der Waals surface area contributed by atoms with Crippen molar-refractivity contribution >= 4 is 35.0 Å². The molecule has 1 atom stereocenters. The number of furan rings is 1. The Morgan fingerprint density at radius 1 is 1.34 bits per heavy atom. The normalized spacial score (nSPS) is 16.2. The summed E-state index contributed by atoms with van der Waals surface area (Å²) < 4.78 is 40.0. The van der Waals surface area contributed by atoms with Crippen molar-refractivity contribution in [2.45, 2.75) is 19.5 Å². The van der Waals surface area contributed by atoms with Crippen LogP contribution in [0.15, 0.2) is 33.5 Å². The molecule has 1 saturated heterocycles. The Morgan fingerprint density at radius 3 is 2.76 bits per heavy atom. The Hall–Kier alpha value is -3.08. The molecule has 0 bridgehead atoms. The van der Waals surface area contributed by atoms with Crippen LogP contribution in [-0.4, -0.2) is 49.3 Å². The van der Waals surface area contributed by atoms with Gasteiger partial charge in [-0.1, -0.05) is 12.2 Å². The SMILES string of the molecule is CCOC(=O)c1c2ccc(N3CC(CNC(=S)C(F)F)OC3=O)ccc-2oc1=O. The molecule has 3 rings (SSSR count). The third-order valence-electron chi connectivity index (χ3n) is 4.14. The molecule has 0 aromatic rings. The van der Waals surface area contributed by atoms with Crippen molar-refractivity contribution in [1.29, 1.82) is 0 Å². The Bertz CT molecular complexity index is 979. The molecule has 1 N–H and O–H groups in total. The number of alkyl halides is 2. The van der Waals surface area contributed by atoms with Gasteiger partial charge in [0.15, 0.2) is 5.56 Å². The van der Waals surface area contributed by atoms with Crippen molar-refractivity contribution in [1.82, 2.24) is 5.32 Å². The maximum absolute atomic E-state index is 12.4. The molecular formula is C18H16F2N2O6S. The molecule has 2 aliphatic heterocycles. The molecule has 0 aromatic carbocycles. The molecular weight excluding hydrogens is 410 g/mol. The summed E-state index contributed by atoms with van der Waals surface area (Å²) in [5, 5.41) is 2.36. The molecule has 0 spiro atoms. The highest BCUT2D eigenvalue weighted by atomic mass is 32.1. The van der Waals surface area contributed by atoms with E-state index in [1.165, 1.54) is 29.2 Å². The van der Waals surface area contributed by atoms with Crippen molar-refractivity contribution < 1.29 is 32.3 Å². The minimum absolute atomic E-state index is 0.0563. The molecule has 154 valence electrons. The lowest BCUT2D eigenvalue weighted by atomic mass is 10.1. The summed E-state index contributed by atoms with van der Waals surface area (Å²) >= 11 is 4.49. The highest BCUT2D eigenvalue weighted by molar-refractivity contribution is 7.80. The quantitative estimate of drug-likeness (QED) is 0.556. The standard InChI is InChI=1S/C18H16F2N2O6S/c1-2-26-16(23)13-11-5-3-9(4-6-12(11)28-17(13)24)22-8-10(27-18(22)25)7-21-15(29)14(19)20/h3-6,10,14H,2,7-8H2,1H3,(H,21,29). The second-order valence-corrected chi connectivity index (χ2v) is 6.46. The number of nitrogens with one attached hydrogen (secondary N) is 1. The number of carbonyl (C=O) groups is 2. The van der Waals surface area contributed by atoms with Crippen LogP contribution in [0, 0.1) is 0 Å². The van der Waals surface area contributed by atoms with Gasteiger partial charge in [-0.3, -0.25) is 4.90 Å². The van der Waals surface area contributed by atoms with E-state index >= 15 is 0 Å². The zero-order valence-corrected chi connectivity index (χ0v) is 16.0. The summed E-state index contributed by atoms with van der Waals surface area (Å²) in [6.45, 7) is 1.75. The molecule has 1 amide bonds. The van der Waals surface area contributed by atoms with E-state index in [1.807, 2.05) is 0 Å². The van der Waals surface area contributed by atoms with Crippen LogP contribution < -0.4 is 15.8 Å². The molecule has 2 heterocycles. The van der Waals surface area contributed by atoms with E-state index in [9.17, 15) is 23.2 Å². The summed E-state index contributed by atoms with van der Waals surface area (Å²) in [6, 6.07) is 5.94. The lowest BCUT2D eigenvalue weighted by molar-refractivity contribution is 0.0524. The lowest BCUT2D eigenvalue weighted by Gasteiger charge is -2.12. The molecule has 0 radical (unpaired) electrons. The van der Waals surface area contributed by atoms with Gasteiger partial charge in [0.2, 0.25) is 0 Å². The van der Waals surface area contributed by atoms with E-state index in [2.05, 4.69) is 17.5 Å². The van der Waals surface area contributed by atoms with Gasteiger partial charge >= 0.3 is 17.7 Å². The van der Waals surface area contributed by atoms with Crippen LogP contribution in [0.1, 0.15) is 17.3 Å². The van der Waals surface area contributed by atoms with Crippen LogP contribution >= 0.6 is 12.2 Å². The van der Waals surface area contributed by atoms with Crippen molar-refractivity contribution in [3.05, 3.63) is 40.2 Å². The predicted octanol–water partition coefficient (Wildman–Crippen LogP) is 2.43. The predicted molar refractivity (Wildman–Crippen MR) is 102 cm³/mol. The molecule has 1 aliphatic carbocycles. The van der Waals surface area contributed by atoms with Crippen molar-refractivity contribution in [3.63, 3.8) is 0 Å². The number of hydrogen-bond acceptors (Lipinski definition) is 7. The summed E-state index contributed by atoms with van der Waals surface area (Å²) in [5.41, 5.74) is -0.390. The number of halogens is 2.